The number of anilines is 1. The van der Waals surface area contributed by atoms with E-state index in [4.69, 9.17) is 28.9 Å². The first kappa shape index (κ1) is 9.13. The van der Waals surface area contributed by atoms with Crippen molar-refractivity contribution in [1.29, 1.82) is 0 Å². The smallest absolute Gasteiger partial charge is 0.0576 e. The summed E-state index contributed by atoms with van der Waals surface area (Å²) in [7, 11) is 0. The highest BCUT2D eigenvalue weighted by Gasteiger charge is 2.09. The Kier molecular flexibility index (Phi) is 2.37. The molecular weight excluding hydrogens is 225 g/mol. The zero-order valence-corrected chi connectivity index (χ0v) is 9.01. The van der Waals surface area contributed by atoms with Gasteiger partial charge in [0, 0.05) is 10.6 Å². The maximum Gasteiger partial charge on any atom is 0.0576 e. The number of nitrogens with two attached hydrogens (primary N) is 1. The minimum atomic E-state index is 0.360. The van der Waals surface area contributed by atoms with Crippen LogP contribution < -0.4 is 5.73 Å². The molecule has 1 heterocycles. The molecule has 0 radical (unpaired) electrons. The van der Waals surface area contributed by atoms with Crippen molar-refractivity contribution in [2.24, 2.45) is 0 Å². The highest BCUT2D eigenvalue weighted by atomic mass is 35.5. The molecule has 0 aliphatic heterocycles. The van der Waals surface area contributed by atoms with Crippen LogP contribution in [0.3, 0.4) is 0 Å². The number of halogens is 2. The number of hydrogen-bond donors (Lipinski definition) is 1. The zero-order chi connectivity index (χ0) is 9.42. The second-order valence-electron chi connectivity index (χ2n) is 2.72. The lowest BCUT2D eigenvalue weighted by Crippen LogP contribution is -1.92. The normalized spacial score (nSPS) is 10.9. The summed E-state index contributed by atoms with van der Waals surface area (Å²) in [5, 5.41) is 3.73. The van der Waals surface area contributed by atoms with E-state index in [1.807, 2.05) is 17.5 Å². The summed E-state index contributed by atoms with van der Waals surface area (Å²) < 4.78 is 1.07. The molecule has 0 aliphatic carbocycles. The van der Waals surface area contributed by atoms with Crippen LogP contribution in [0.4, 0.5) is 5.69 Å². The second-order valence-corrected chi connectivity index (χ2v) is 4.31. The van der Waals surface area contributed by atoms with Crippen LogP contribution in [0.1, 0.15) is 5.56 Å². The maximum absolute atomic E-state index is 6.01. The van der Waals surface area contributed by atoms with Crippen molar-refractivity contribution in [3.05, 3.63) is 28.1 Å². The van der Waals surface area contributed by atoms with Crippen LogP contribution in [0.5, 0.6) is 0 Å². The van der Waals surface area contributed by atoms with E-state index in [1.54, 1.807) is 11.3 Å². The van der Waals surface area contributed by atoms with E-state index in [1.165, 1.54) is 0 Å². The number of rotatable bonds is 1. The van der Waals surface area contributed by atoms with Crippen molar-refractivity contribution in [3.8, 4) is 0 Å². The highest BCUT2D eigenvalue weighted by molar-refractivity contribution is 7.17. The number of benzene rings is 1. The Morgan fingerprint density at radius 2 is 2.23 bits per heavy atom. The Labute approximate surface area is 90.1 Å². The lowest BCUT2D eigenvalue weighted by Gasteiger charge is -2.05. The van der Waals surface area contributed by atoms with Crippen molar-refractivity contribution < 1.29 is 0 Å². The predicted molar refractivity (Wildman–Crippen MR) is 60.8 cm³/mol. The Morgan fingerprint density at radius 1 is 1.46 bits per heavy atom. The molecule has 68 valence electrons. The van der Waals surface area contributed by atoms with Crippen molar-refractivity contribution in [1.82, 2.24) is 0 Å². The summed E-state index contributed by atoms with van der Waals surface area (Å²) in [6, 6.07) is 3.90. The van der Waals surface area contributed by atoms with E-state index >= 15 is 0 Å². The van der Waals surface area contributed by atoms with Gasteiger partial charge in [0.05, 0.1) is 16.3 Å². The largest absolute Gasteiger partial charge is 0.397 e. The average molecular weight is 232 g/mol. The Hall–Kier alpha value is -0.440. The molecular formula is C9H7Cl2NS. The standard InChI is InChI=1S/C9H7Cl2NS/c10-4-6-7(11)3-5-1-2-13-9(5)8(6)12/h1-3H,4,12H2. The minimum absolute atomic E-state index is 0.360. The molecule has 0 bridgehead atoms. The summed E-state index contributed by atoms with van der Waals surface area (Å²) in [5.74, 6) is 0.360. The quantitative estimate of drug-likeness (QED) is 0.586. The summed E-state index contributed by atoms with van der Waals surface area (Å²) in [6.45, 7) is 0. The first-order chi connectivity index (χ1) is 6.24. The molecule has 0 aliphatic rings. The molecule has 1 aromatic carbocycles. The van der Waals surface area contributed by atoms with E-state index in [2.05, 4.69) is 0 Å². The third-order valence-electron chi connectivity index (χ3n) is 1.97. The van der Waals surface area contributed by atoms with E-state index < -0.39 is 0 Å². The third kappa shape index (κ3) is 1.39. The Bertz CT molecular complexity index is 450. The predicted octanol–water partition coefficient (Wildman–Crippen LogP) is 3.88. The van der Waals surface area contributed by atoms with Gasteiger partial charge in [0.15, 0.2) is 0 Å². The molecule has 0 saturated carbocycles. The molecule has 2 aromatic rings. The van der Waals surface area contributed by atoms with Crippen molar-refractivity contribution >= 4 is 50.3 Å². The summed E-state index contributed by atoms with van der Waals surface area (Å²) >= 11 is 13.4. The molecule has 1 nitrogen and oxygen atoms in total. The lowest BCUT2D eigenvalue weighted by molar-refractivity contribution is 1.43. The van der Waals surface area contributed by atoms with E-state index in [-0.39, 0.29) is 0 Å². The van der Waals surface area contributed by atoms with Gasteiger partial charge in [-0.3, -0.25) is 0 Å². The molecule has 4 heteroatoms. The van der Waals surface area contributed by atoms with Crippen LogP contribution in [0.15, 0.2) is 17.5 Å². The summed E-state index contributed by atoms with van der Waals surface area (Å²) in [5.41, 5.74) is 7.46. The first-order valence-electron chi connectivity index (χ1n) is 3.74. The van der Waals surface area contributed by atoms with Crippen molar-refractivity contribution in [3.63, 3.8) is 0 Å². The zero-order valence-electron chi connectivity index (χ0n) is 6.68. The minimum Gasteiger partial charge on any atom is -0.397 e. The van der Waals surface area contributed by atoms with Crippen LogP contribution >= 0.6 is 34.5 Å². The molecule has 0 amide bonds. The van der Waals surface area contributed by atoms with Crippen LogP contribution in [0.2, 0.25) is 5.02 Å². The van der Waals surface area contributed by atoms with Crippen LogP contribution in [-0.2, 0) is 5.88 Å². The van der Waals surface area contributed by atoms with Gasteiger partial charge in [0.1, 0.15) is 0 Å². The highest BCUT2D eigenvalue weighted by Crippen LogP contribution is 2.35. The van der Waals surface area contributed by atoms with Crippen LogP contribution in [0.25, 0.3) is 10.1 Å². The van der Waals surface area contributed by atoms with Gasteiger partial charge >= 0.3 is 0 Å². The van der Waals surface area contributed by atoms with Gasteiger partial charge in [-0.15, -0.1) is 22.9 Å². The molecule has 1 aromatic heterocycles. The average Bonchev–Trinajstić information content (AvgIpc) is 2.53. The van der Waals surface area contributed by atoms with Crippen molar-refractivity contribution in [2.45, 2.75) is 5.88 Å². The number of hydrogen-bond acceptors (Lipinski definition) is 2. The number of fused-ring (bicyclic) bond motifs is 1. The van der Waals surface area contributed by atoms with Gasteiger partial charge in [0.2, 0.25) is 0 Å². The lowest BCUT2D eigenvalue weighted by atomic mass is 10.1. The molecule has 0 fully saturated rings. The topological polar surface area (TPSA) is 26.0 Å². The Morgan fingerprint density at radius 3 is 2.92 bits per heavy atom. The van der Waals surface area contributed by atoms with Crippen LogP contribution in [-0.4, -0.2) is 0 Å². The van der Waals surface area contributed by atoms with Crippen LogP contribution in [0, 0.1) is 0 Å². The van der Waals surface area contributed by atoms with Gasteiger partial charge in [-0.2, -0.15) is 0 Å². The molecule has 0 unspecified atom stereocenters. The van der Waals surface area contributed by atoms with Gasteiger partial charge in [-0.25, -0.2) is 0 Å². The SMILES string of the molecule is Nc1c(CCl)c(Cl)cc2ccsc12. The van der Waals surface area contributed by atoms with E-state index in [9.17, 15) is 0 Å². The molecule has 13 heavy (non-hydrogen) atoms. The molecule has 2 N–H and O–H groups in total. The number of alkyl halides is 1. The maximum atomic E-state index is 6.01. The van der Waals surface area contributed by atoms with Gasteiger partial charge in [0.25, 0.3) is 0 Å². The molecule has 2 rings (SSSR count). The molecule has 0 saturated heterocycles. The third-order valence-corrected chi connectivity index (χ3v) is 3.54. The van der Waals surface area contributed by atoms with E-state index in [0.29, 0.717) is 16.6 Å². The first-order valence-corrected chi connectivity index (χ1v) is 5.53. The van der Waals surface area contributed by atoms with Gasteiger partial charge < -0.3 is 5.73 Å². The Balaban J connectivity index is 2.85. The number of nitrogen functional groups attached to an aromatic ring is 1. The molecule has 0 atom stereocenters. The summed E-state index contributed by atoms with van der Waals surface area (Å²) in [6.07, 6.45) is 0. The second kappa shape index (κ2) is 3.37. The fourth-order valence-electron chi connectivity index (χ4n) is 1.28. The van der Waals surface area contributed by atoms with Crippen molar-refractivity contribution in [2.75, 3.05) is 5.73 Å². The fraction of sp³-hybridized carbons (Fsp3) is 0.111. The number of thiophene rings is 1. The van der Waals surface area contributed by atoms with Gasteiger partial charge in [-0.05, 0) is 22.9 Å². The van der Waals surface area contributed by atoms with E-state index in [0.717, 1.165) is 15.6 Å². The summed E-state index contributed by atoms with van der Waals surface area (Å²) in [4.78, 5) is 0. The molecule has 0 spiro atoms. The van der Waals surface area contributed by atoms with Gasteiger partial charge in [-0.1, -0.05) is 11.6 Å². The monoisotopic (exact) mass is 231 g/mol. The fourth-order valence-corrected chi connectivity index (χ4v) is 2.78.